The predicted octanol–water partition coefficient (Wildman–Crippen LogP) is 0.468. The lowest BCUT2D eigenvalue weighted by atomic mass is 9.97. The van der Waals surface area contributed by atoms with Crippen molar-refractivity contribution < 1.29 is 9.59 Å². The molecule has 2 heterocycles. The van der Waals surface area contributed by atoms with E-state index in [0.717, 1.165) is 44.5 Å². The van der Waals surface area contributed by atoms with Crippen molar-refractivity contribution >= 4 is 11.9 Å². The Morgan fingerprint density at radius 3 is 3.00 bits per heavy atom. The topological polar surface area (TPSA) is 100 Å². The summed E-state index contributed by atoms with van der Waals surface area (Å²) in [7, 11) is 0. The molecule has 1 aliphatic rings. The molecule has 23 heavy (non-hydrogen) atoms. The minimum atomic E-state index is -0.206. The molecule has 0 bridgehead atoms. The van der Waals surface area contributed by atoms with Crippen LogP contribution in [0.15, 0.2) is 24.5 Å². The average molecular weight is 319 g/mol. The van der Waals surface area contributed by atoms with Crippen LogP contribution in [0.2, 0.25) is 0 Å². The van der Waals surface area contributed by atoms with E-state index in [1.54, 1.807) is 12.4 Å². The molecule has 1 aliphatic heterocycles. The van der Waals surface area contributed by atoms with Gasteiger partial charge in [-0.15, -0.1) is 0 Å². The van der Waals surface area contributed by atoms with Crippen LogP contribution in [-0.4, -0.2) is 48.0 Å². The Hall–Kier alpha value is -2.15. The first kappa shape index (κ1) is 17.2. The molecular weight excluding hydrogens is 294 g/mol. The van der Waals surface area contributed by atoms with Crippen molar-refractivity contribution in [3.05, 3.63) is 30.1 Å². The SMILES string of the molecule is NC(=O)C1CCCN(CCCNC(=O)NCc2cccnc2)C1. The molecule has 1 saturated heterocycles. The molecule has 1 fully saturated rings. The third kappa shape index (κ3) is 6.23. The fraction of sp³-hybridized carbons (Fsp3) is 0.562. The van der Waals surface area contributed by atoms with Gasteiger partial charge in [-0.25, -0.2) is 4.79 Å². The highest BCUT2D eigenvalue weighted by molar-refractivity contribution is 5.77. The van der Waals surface area contributed by atoms with Crippen molar-refractivity contribution in [3.8, 4) is 0 Å². The third-order valence-electron chi connectivity index (χ3n) is 4.02. The first-order valence-corrected chi connectivity index (χ1v) is 8.07. The van der Waals surface area contributed by atoms with Crippen LogP contribution >= 0.6 is 0 Å². The molecule has 4 N–H and O–H groups in total. The average Bonchev–Trinajstić information content (AvgIpc) is 2.58. The Kier molecular flexibility index (Phi) is 6.80. The molecule has 0 saturated carbocycles. The zero-order valence-electron chi connectivity index (χ0n) is 13.3. The van der Waals surface area contributed by atoms with Gasteiger partial charge in [-0.2, -0.15) is 0 Å². The molecule has 7 nitrogen and oxygen atoms in total. The number of piperidine rings is 1. The third-order valence-corrected chi connectivity index (χ3v) is 4.02. The highest BCUT2D eigenvalue weighted by atomic mass is 16.2. The van der Waals surface area contributed by atoms with Gasteiger partial charge < -0.3 is 21.3 Å². The summed E-state index contributed by atoms with van der Waals surface area (Å²) in [5, 5.41) is 5.63. The Balaban J connectivity index is 1.56. The number of aromatic nitrogens is 1. The van der Waals surface area contributed by atoms with Crippen LogP contribution in [-0.2, 0) is 11.3 Å². The Labute approximate surface area is 136 Å². The monoisotopic (exact) mass is 319 g/mol. The number of likely N-dealkylation sites (tertiary alicyclic amines) is 1. The van der Waals surface area contributed by atoms with Crippen molar-refractivity contribution in [2.24, 2.45) is 11.7 Å². The molecule has 7 heteroatoms. The lowest BCUT2D eigenvalue weighted by molar-refractivity contribution is -0.123. The number of nitrogens with one attached hydrogen (secondary N) is 2. The summed E-state index contributed by atoms with van der Waals surface area (Å²) in [5.41, 5.74) is 6.34. The van der Waals surface area contributed by atoms with E-state index in [2.05, 4.69) is 20.5 Å². The molecule has 3 amide bonds. The van der Waals surface area contributed by atoms with Crippen LogP contribution in [0, 0.1) is 5.92 Å². The number of carbonyl (C=O) groups is 2. The molecule has 1 aromatic heterocycles. The number of urea groups is 1. The number of rotatable bonds is 7. The molecule has 1 atom stereocenters. The maximum absolute atomic E-state index is 11.7. The lowest BCUT2D eigenvalue weighted by Crippen LogP contribution is -2.42. The first-order chi connectivity index (χ1) is 11.1. The van der Waals surface area contributed by atoms with E-state index < -0.39 is 0 Å². The number of carbonyl (C=O) groups excluding carboxylic acids is 2. The summed E-state index contributed by atoms with van der Waals surface area (Å²) < 4.78 is 0. The number of amides is 3. The summed E-state index contributed by atoms with van der Waals surface area (Å²) >= 11 is 0. The number of primary amides is 1. The molecule has 126 valence electrons. The quantitative estimate of drug-likeness (QED) is 0.636. The van der Waals surface area contributed by atoms with Gasteiger partial charge >= 0.3 is 6.03 Å². The number of hydrogen-bond acceptors (Lipinski definition) is 4. The van der Waals surface area contributed by atoms with Crippen LogP contribution in [0.3, 0.4) is 0 Å². The Morgan fingerprint density at radius 2 is 2.26 bits per heavy atom. The van der Waals surface area contributed by atoms with E-state index in [9.17, 15) is 9.59 Å². The molecule has 1 unspecified atom stereocenters. The second-order valence-electron chi connectivity index (χ2n) is 5.87. The molecular formula is C16H25N5O2. The number of nitrogens with zero attached hydrogens (tertiary/aromatic N) is 2. The standard InChI is InChI=1S/C16H25N5O2/c17-15(22)14-5-2-8-21(12-14)9-3-7-19-16(23)20-11-13-4-1-6-18-10-13/h1,4,6,10,14H,2-3,5,7-9,11-12H2,(H2,17,22)(H2,19,20,23). The predicted molar refractivity (Wildman–Crippen MR) is 87.5 cm³/mol. The van der Waals surface area contributed by atoms with Crippen LogP contribution in [0.4, 0.5) is 4.79 Å². The smallest absolute Gasteiger partial charge is 0.315 e. The van der Waals surface area contributed by atoms with Crippen molar-refractivity contribution in [2.45, 2.75) is 25.8 Å². The van der Waals surface area contributed by atoms with Crippen molar-refractivity contribution in [2.75, 3.05) is 26.2 Å². The van der Waals surface area contributed by atoms with Gasteiger partial charge in [0.15, 0.2) is 0 Å². The molecule has 0 radical (unpaired) electrons. The van der Waals surface area contributed by atoms with E-state index >= 15 is 0 Å². The van der Waals surface area contributed by atoms with E-state index in [0.29, 0.717) is 13.1 Å². The van der Waals surface area contributed by atoms with Gasteiger partial charge in [-0.1, -0.05) is 6.07 Å². The minimum absolute atomic E-state index is 0.0283. The van der Waals surface area contributed by atoms with Crippen LogP contribution in [0.5, 0.6) is 0 Å². The van der Waals surface area contributed by atoms with Crippen molar-refractivity contribution in [1.29, 1.82) is 0 Å². The number of hydrogen-bond donors (Lipinski definition) is 3. The molecule has 0 aromatic carbocycles. The van der Waals surface area contributed by atoms with E-state index in [-0.39, 0.29) is 17.9 Å². The molecule has 2 rings (SSSR count). The summed E-state index contributed by atoms with van der Waals surface area (Å²) in [6.45, 7) is 3.68. The van der Waals surface area contributed by atoms with E-state index in [1.165, 1.54) is 0 Å². The van der Waals surface area contributed by atoms with Gasteiger partial charge in [0.2, 0.25) is 5.91 Å². The Morgan fingerprint density at radius 1 is 1.39 bits per heavy atom. The number of nitrogens with two attached hydrogens (primary N) is 1. The van der Waals surface area contributed by atoms with Gasteiger partial charge in [0.1, 0.15) is 0 Å². The number of pyridine rings is 1. The van der Waals surface area contributed by atoms with Crippen LogP contribution < -0.4 is 16.4 Å². The van der Waals surface area contributed by atoms with Gasteiger partial charge in [-0.3, -0.25) is 9.78 Å². The summed E-state index contributed by atoms with van der Waals surface area (Å²) in [5.74, 6) is -0.234. The maximum Gasteiger partial charge on any atom is 0.315 e. The van der Waals surface area contributed by atoms with Crippen LogP contribution in [0.1, 0.15) is 24.8 Å². The highest BCUT2D eigenvalue weighted by Gasteiger charge is 2.23. The zero-order valence-corrected chi connectivity index (χ0v) is 13.3. The molecule has 0 spiro atoms. The summed E-state index contributed by atoms with van der Waals surface area (Å²) in [4.78, 5) is 29.2. The van der Waals surface area contributed by atoms with Gasteiger partial charge in [0.25, 0.3) is 0 Å². The largest absolute Gasteiger partial charge is 0.369 e. The Bertz CT molecular complexity index is 508. The van der Waals surface area contributed by atoms with Gasteiger partial charge in [-0.05, 0) is 44.0 Å². The normalized spacial score (nSPS) is 18.3. The minimum Gasteiger partial charge on any atom is -0.369 e. The van der Waals surface area contributed by atoms with Gasteiger partial charge in [0, 0.05) is 32.0 Å². The van der Waals surface area contributed by atoms with Crippen LogP contribution in [0.25, 0.3) is 0 Å². The first-order valence-electron chi connectivity index (χ1n) is 8.07. The zero-order chi connectivity index (χ0) is 16.5. The fourth-order valence-corrected chi connectivity index (χ4v) is 2.74. The van der Waals surface area contributed by atoms with Crippen molar-refractivity contribution in [1.82, 2.24) is 20.5 Å². The second-order valence-corrected chi connectivity index (χ2v) is 5.87. The fourth-order valence-electron chi connectivity index (χ4n) is 2.74. The van der Waals surface area contributed by atoms with E-state index in [1.807, 2.05) is 12.1 Å². The highest BCUT2D eigenvalue weighted by Crippen LogP contribution is 2.15. The molecule has 1 aromatic rings. The molecule has 0 aliphatic carbocycles. The maximum atomic E-state index is 11.7. The van der Waals surface area contributed by atoms with E-state index in [4.69, 9.17) is 5.73 Å². The lowest BCUT2D eigenvalue weighted by Gasteiger charge is -2.31. The second kappa shape index (κ2) is 9.09. The summed E-state index contributed by atoms with van der Waals surface area (Å²) in [6, 6.07) is 3.58. The summed E-state index contributed by atoms with van der Waals surface area (Å²) in [6.07, 6.45) is 6.18. The van der Waals surface area contributed by atoms with Gasteiger partial charge in [0.05, 0.1) is 5.92 Å². The van der Waals surface area contributed by atoms with Crippen molar-refractivity contribution in [3.63, 3.8) is 0 Å².